The molecule has 7 heteroatoms. The number of hydrogen-bond acceptors (Lipinski definition) is 4. The maximum Gasteiger partial charge on any atom is 0.238 e. The SMILES string of the molecule is O=C(CCC(=O)N1CCc2sccc2C1)NNC(=O)CC12CC3CC(CC(C3)C1)C2. The Labute approximate surface area is 181 Å². The lowest BCUT2D eigenvalue weighted by Gasteiger charge is -2.56. The zero-order valence-corrected chi connectivity index (χ0v) is 18.3. The first-order chi connectivity index (χ1) is 14.5. The van der Waals surface area contributed by atoms with Crippen molar-refractivity contribution in [3.8, 4) is 0 Å². The summed E-state index contributed by atoms with van der Waals surface area (Å²) in [7, 11) is 0. The monoisotopic (exact) mass is 429 g/mol. The number of hydrazine groups is 1. The predicted molar refractivity (Wildman–Crippen MR) is 114 cm³/mol. The summed E-state index contributed by atoms with van der Waals surface area (Å²) in [5.41, 5.74) is 6.52. The molecule has 3 amide bonds. The number of carbonyl (C=O) groups excluding carboxylic acids is 3. The molecule has 1 aromatic rings. The Bertz CT molecular complexity index is 813. The maximum absolute atomic E-state index is 12.5. The first-order valence-electron chi connectivity index (χ1n) is 11.4. The van der Waals surface area contributed by atoms with Crippen LogP contribution in [0.3, 0.4) is 0 Å². The van der Waals surface area contributed by atoms with E-state index in [1.54, 1.807) is 11.3 Å². The Morgan fingerprint density at radius 3 is 2.37 bits per heavy atom. The zero-order valence-electron chi connectivity index (χ0n) is 17.5. The smallest absolute Gasteiger partial charge is 0.238 e. The van der Waals surface area contributed by atoms with Crippen LogP contribution in [0.5, 0.6) is 0 Å². The summed E-state index contributed by atoms with van der Waals surface area (Å²) in [5, 5.41) is 2.07. The number of nitrogens with one attached hydrogen (secondary N) is 2. The van der Waals surface area contributed by atoms with Crippen molar-refractivity contribution in [3.63, 3.8) is 0 Å². The third-order valence-electron chi connectivity index (χ3n) is 7.77. The largest absolute Gasteiger partial charge is 0.338 e. The van der Waals surface area contributed by atoms with Crippen LogP contribution in [0, 0.1) is 23.2 Å². The minimum absolute atomic E-state index is 0.00175. The fourth-order valence-electron chi connectivity index (χ4n) is 6.93. The summed E-state index contributed by atoms with van der Waals surface area (Å²) in [6, 6.07) is 2.07. The summed E-state index contributed by atoms with van der Waals surface area (Å²) in [6.07, 6.45) is 9.30. The predicted octanol–water partition coefficient (Wildman–Crippen LogP) is 3.17. The van der Waals surface area contributed by atoms with Crippen LogP contribution in [0.2, 0.25) is 0 Å². The molecule has 0 spiro atoms. The lowest BCUT2D eigenvalue weighted by molar-refractivity contribution is -0.136. The first-order valence-corrected chi connectivity index (χ1v) is 12.3. The molecule has 0 aromatic carbocycles. The molecular weight excluding hydrogens is 398 g/mol. The van der Waals surface area contributed by atoms with Crippen LogP contribution >= 0.6 is 11.3 Å². The van der Waals surface area contributed by atoms with Crippen LogP contribution in [-0.4, -0.2) is 29.2 Å². The van der Waals surface area contributed by atoms with E-state index in [1.807, 2.05) is 4.90 Å². The Balaban J connectivity index is 1.04. The van der Waals surface area contributed by atoms with Gasteiger partial charge >= 0.3 is 0 Å². The van der Waals surface area contributed by atoms with E-state index < -0.39 is 0 Å². The van der Waals surface area contributed by atoms with Crippen molar-refractivity contribution in [1.29, 1.82) is 0 Å². The molecule has 2 heterocycles. The fraction of sp³-hybridized carbons (Fsp3) is 0.696. The lowest BCUT2D eigenvalue weighted by Crippen LogP contribution is -2.50. The van der Waals surface area contributed by atoms with Crippen molar-refractivity contribution >= 4 is 29.1 Å². The van der Waals surface area contributed by atoms with Gasteiger partial charge in [0.05, 0.1) is 0 Å². The first kappa shape index (κ1) is 20.0. The Hall–Kier alpha value is -1.89. The molecule has 6 rings (SSSR count). The number of carbonyl (C=O) groups is 3. The minimum Gasteiger partial charge on any atom is -0.338 e. The third-order valence-corrected chi connectivity index (χ3v) is 8.79. The van der Waals surface area contributed by atoms with Gasteiger partial charge in [-0.3, -0.25) is 25.2 Å². The average Bonchev–Trinajstić information content (AvgIpc) is 3.17. The number of amides is 3. The van der Waals surface area contributed by atoms with Gasteiger partial charge < -0.3 is 4.90 Å². The van der Waals surface area contributed by atoms with Crippen molar-refractivity contribution in [2.24, 2.45) is 23.2 Å². The Kier molecular flexibility index (Phi) is 5.33. The van der Waals surface area contributed by atoms with E-state index in [1.165, 1.54) is 49.0 Å². The van der Waals surface area contributed by atoms with Gasteiger partial charge in [-0.25, -0.2) is 0 Å². The average molecular weight is 430 g/mol. The molecule has 162 valence electrons. The van der Waals surface area contributed by atoms with Crippen molar-refractivity contribution in [1.82, 2.24) is 15.8 Å². The zero-order chi connectivity index (χ0) is 20.7. The van der Waals surface area contributed by atoms with E-state index in [0.717, 1.165) is 30.7 Å². The summed E-state index contributed by atoms with van der Waals surface area (Å²) >= 11 is 1.74. The van der Waals surface area contributed by atoms with Crippen LogP contribution in [0.4, 0.5) is 0 Å². The molecule has 1 aromatic heterocycles. The number of hydrogen-bond donors (Lipinski definition) is 2. The molecule has 4 bridgehead atoms. The second-order valence-electron chi connectivity index (χ2n) is 10.1. The molecule has 4 fully saturated rings. The minimum atomic E-state index is -0.296. The molecule has 0 atom stereocenters. The summed E-state index contributed by atoms with van der Waals surface area (Å²) in [6.45, 7) is 1.36. The van der Waals surface area contributed by atoms with Gasteiger partial charge in [0.2, 0.25) is 17.7 Å². The van der Waals surface area contributed by atoms with Gasteiger partial charge in [-0.05, 0) is 85.1 Å². The second kappa shape index (κ2) is 7.98. The van der Waals surface area contributed by atoms with Gasteiger partial charge in [0.25, 0.3) is 0 Å². The van der Waals surface area contributed by atoms with Gasteiger partial charge in [0.1, 0.15) is 0 Å². The van der Waals surface area contributed by atoms with Gasteiger partial charge in [-0.1, -0.05) is 0 Å². The van der Waals surface area contributed by atoms with E-state index in [-0.39, 0.29) is 36.0 Å². The van der Waals surface area contributed by atoms with Gasteiger partial charge in [0.15, 0.2) is 0 Å². The van der Waals surface area contributed by atoms with Crippen molar-refractivity contribution < 1.29 is 14.4 Å². The van der Waals surface area contributed by atoms with E-state index >= 15 is 0 Å². The van der Waals surface area contributed by atoms with Crippen LogP contribution in [0.1, 0.15) is 68.2 Å². The van der Waals surface area contributed by atoms with Gasteiger partial charge in [0, 0.05) is 37.2 Å². The van der Waals surface area contributed by atoms with Crippen molar-refractivity contribution in [3.05, 3.63) is 21.9 Å². The maximum atomic E-state index is 12.5. The van der Waals surface area contributed by atoms with Crippen molar-refractivity contribution in [2.75, 3.05) is 6.54 Å². The van der Waals surface area contributed by atoms with Crippen LogP contribution < -0.4 is 10.9 Å². The molecule has 0 radical (unpaired) electrons. The summed E-state index contributed by atoms with van der Waals surface area (Å²) in [4.78, 5) is 40.3. The third kappa shape index (κ3) is 4.13. The Morgan fingerprint density at radius 1 is 1.00 bits per heavy atom. The summed E-state index contributed by atoms with van der Waals surface area (Å²) in [5.74, 6) is 2.05. The van der Waals surface area contributed by atoms with Gasteiger partial charge in [-0.2, -0.15) is 0 Å². The highest BCUT2D eigenvalue weighted by molar-refractivity contribution is 7.10. The van der Waals surface area contributed by atoms with E-state index in [0.29, 0.717) is 13.0 Å². The highest BCUT2D eigenvalue weighted by Crippen LogP contribution is 2.61. The second-order valence-corrected chi connectivity index (χ2v) is 11.1. The number of thiophene rings is 1. The topological polar surface area (TPSA) is 78.5 Å². The molecule has 6 nitrogen and oxygen atoms in total. The molecule has 5 aliphatic rings. The fourth-order valence-corrected chi connectivity index (χ4v) is 7.82. The molecular formula is C23H31N3O3S. The van der Waals surface area contributed by atoms with Crippen LogP contribution in [0.15, 0.2) is 11.4 Å². The standard InChI is InChI=1S/C23H31N3O3S/c27-20(1-2-22(29)26-5-3-19-18(14-26)4-6-30-19)24-25-21(28)13-23-10-15-7-16(11-23)9-17(8-15)12-23/h4,6,15-17H,1-3,5,7-14H2,(H,24,27)(H,25,28). The normalized spacial score (nSPS) is 31.3. The number of nitrogens with zero attached hydrogens (tertiary/aromatic N) is 1. The highest BCUT2D eigenvalue weighted by Gasteiger charge is 2.51. The van der Waals surface area contributed by atoms with E-state index in [4.69, 9.17) is 0 Å². The van der Waals surface area contributed by atoms with E-state index in [2.05, 4.69) is 22.3 Å². The molecule has 4 aliphatic carbocycles. The van der Waals surface area contributed by atoms with E-state index in [9.17, 15) is 14.4 Å². The highest BCUT2D eigenvalue weighted by atomic mass is 32.1. The van der Waals surface area contributed by atoms with Crippen LogP contribution in [-0.2, 0) is 27.3 Å². The summed E-state index contributed by atoms with van der Waals surface area (Å²) < 4.78 is 0. The molecule has 30 heavy (non-hydrogen) atoms. The van der Waals surface area contributed by atoms with Gasteiger partial charge in [-0.15, -0.1) is 11.3 Å². The molecule has 2 N–H and O–H groups in total. The molecule has 4 saturated carbocycles. The molecule has 0 unspecified atom stereocenters. The quantitative estimate of drug-likeness (QED) is 0.706. The molecule has 0 saturated heterocycles. The molecule has 1 aliphatic heterocycles. The lowest BCUT2D eigenvalue weighted by atomic mass is 9.49. The number of fused-ring (bicyclic) bond motifs is 1. The van der Waals surface area contributed by atoms with Crippen LogP contribution in [0.25, 0.3) is 0 Å². The Morgan fingerprint density at radius 2 is 1.67 bits per heavy atom. The number of rotatable bonds is 5. The van der Waals surface area contributed by atoms with Crippen molar-refractivity contribution in [2.45, 2.75) is 70.8 Å².